The second-order valence-corrected chi connectivity index (χ2v) is 4.24. The Labute approximate surface area is 81.6 Å². The van der Waals surface area contributed by atoms with Crippen LogP contribution in [0.3, 0.4) is 0 Å². The summed E-state index contributed by atoms with van der Waals surface area (Å²) < 4.78 is 0. The van der Waals surface area contributed by atoms with Gasteiger partial charge >= 0.3 is 0 Å². The van der Waals surface area contributed by atoms with Crippen molar-refractivity contribution in [2.45, 2.75) is 31.0 Å². The van der Waals surface area contributed by atoms with E-state index in [-0.39, 0.29) is 0 Å². The van der Waals surface area contributed by atoms with Crippen LogP contribution in [0.1, 0.15) is 32.0 Å². The van der Waals surface area contributed by atoms with Gasteiger partial charge in [0.1, 0.15) is 5.82 Å². The van der Waals surface area contributed by atoms with Crippen molar-refractivity contribution in [3.8, 4) is 0 Å². The molecule has 0 saturated heterocycles. The highest BCUT2D eigenvalue weighted by Gasteiger charge is 2.16. The molecule has 1 heterocycles. The van der Waals surface area contributed by atoms with E-state index in [4.69, 9.17) is 0 Å². The minimum atomic E-state index is 0.422. The van der Waals surface area contributed by atoms with Gasteiger partial charge in [0.15, 0.2) is 0 Å². The Morgan fingerprint density at radius 3 is 2.42 bits per heavy atom. The fourth-order valence-corrected chi connectivity index (χ4v) is 1.83. The minimum Gasteiger partial charge on any atom is -0.241 e. The molecular weight excluding hydrogens is 216 g/mol. The van der Waals surface area contributed by atoms with Crippen LogP contribution in [-0.4, -0.2) is 14.8 Å². The van der Waals surface area contributed by atoms with E-state index >= 15 is 0 Å². The predicted octanol–water partition coefficient (Wildman–Crippen LogP) is 2.75. The van der Waals surface area contributed by atoms with Crippen molar-refractivity contribution in [1.82, 2.24) is 9.97 Å². The molecule has 2 nitrogen and oxygen atoms in total. The molecule has 2 atom stereocenters. The number of nitrogens with zero attached hydrogens (tertiary/aromatic N) is 2. The summed E-state index contributed by atoms with van der Waals surface area (Å²) in [6.45, 7) is 4.28. The Balaban J connectivity index is 2.80. The molecular formula is C9H13BrN2. The molecule has 0 spiro atoms. The molecule has 1 rings (SSSR count). The van der Waals surface area contributed by atoms with Gasteiger partial charge in [0.05, 0.1) is 0 Å². The molecule has 0 saturated carbocycles. The summed E-state index contributed by atoms with van der Waals surface area (Å²) in [6.07, 6.45) is 4.65. The lowest BCUT2D eigenvalue weighted by molar-refractivity contribution is 0.620. The lowest BCUT2D eigenvalue weighted by Gasteiger charge is -2.14. The van der Waals surface area contributed by atoms with Crippen LogP contribution in [0, 0.1) is 0 Å². The third-order valence-electron chi connectivity index (χ3n) is 1.91. The molecule has 1 aromatic heterocycles. The minimum absolute atomic E-state index is 0.422. The zero-order chi connectivity index (χ0) is 8.97. The summed E-state index contributed by atoms with van der Waals surface area (Å²) in [5, 5.41) is 0. The zero-order valence-corrected chi connectivity index (χ0v) is 8.95. The lowest BCUT2D eigenvalue weighted by Crippen LogP contribution is -2.11. The molecule has 0 N–H and O–H groups in total. The molecule has 66 valence electrons. The first-order chi connectivity index (χ1) is 5.75. The van der Waals surface area contributed by atoms with Crippen LogP contribution in [0.4, 0.5) is 0 Å². The van der Waals surface area contributed by atoms with Crippen molar-refractivity contribution >= 4 is 15.9 Å². The quantitative estimate of drug-likeness (QED) is 0.744. The summed E-state index contributed by atoms with van der Waals surface area (Å²) in [7, 11) is 0. The predicted molar refractivity (Wildman–Crippen MR) is 53.5 cm³/mol. The Kier molecular flexibility index (Phi) is 3.66. The van der Waals surface area contributed by atoms with Gasteiger partial charge in [-0.1, -0.05) is 29.8 Å². The van der Waals surface area contributed by atoms with Crippen molar-refractivity contribution in [1.29, 1.82) is 0 Å². The second-order valence-electron chi connectivity index (χ2n) is 2.80. The van der Waals surface area contributed by atoms with E-state index in [0.29, 0.717) is 10.7 Å². The molecule has 0 aliphatic heterocycles. The summed E-state index contributed by atoms with van der Waals surface area (Å²) in [5.41, 5.74) is 0. The van der Waals surface area contributed by atoms with Crippen molar-refractivity contribution in [2.24, 2.45) is 0 Å². The van der Waals surface area contributed by atoms with Gasteiger partial charge in [-0.25, -0.2) is 9.97 Å². The summed E-state index contributed by atoms with van der Waals surface area (Å²) in [6, 6.07) is 1.84. The molecule has 0 aliphatic carbocycles. The van der Waals surface area contributed by atoms with Crippen molar-refractivity contribution in [3.63, 3.8) is 0 Å². The van der Waals surface area contributed by atoms with Crippen molar-refractivity contribution in [3.05, 3.63) is 24.3 Å². The Hall–Kier alpha value is -0.440. The zero-order valence-electron chi connectivity index (χ0n) is 7.37. The maximum atomic E-state index is 4.23. The van der Waals surface area contributed by atoms with Crippen LogP contribution >= 0.6 is 15.9 Å². The first-order valence-corrected chi connectivity index (χ1v) is 5.08. The maximum absolute atomic E-state index is 4.23. The number of rotatable bonds is 3. The van der Waals surface area contributed by atoms with Crippen molar-refractivity contribution < 1.29 is 0 Å². The van der Waals surface area contributed by atoms with Gasteiger partial charge in [-0.15, -0.1) is 0 Å². The third kappa shape index (κ3) is 2.27. The number of aromatic nitrogens is 2. The largest absolute Gasteiger partial charge is 0.241 e. The van der Waals surface area contributed by atoms with E-state index in [0.717, 1.165) is 12.2 Å². The third-order valence-corrected chi connectivity index (χ3v) is 2.55. The molecule has 2 unspecified atom stereocenters. The number of hydrogen-bond donors (Lipinski definition) is 0. The number of hydrogen-bond acceptors (Lipinski definition) is 2. The highest BCUT2D eigenvalue weighted by atomic mass is 79.9. The Morgan fingerprint density at radius 2 is 2.00 bits per heavy atom. The molecule has 0 amide bonds. The van der Waals surface area contributed by atoms with Crippen LogP contribution in [0.2, 0.25) is 0 Å². The smallest absolute Gasteiger partial charge is 0.132 e. The van der Waals surface area contributed by atoms with Crippen molar-refractivity contribution in [2.75, 3.05) is 0 Å². The van der Waals surface area contributed by atoms with Gasteiger partial charge in [0.2, 0.25) is 0 Å². The van der Waals surface area contributed by atoms with Crippen LogP contribution in [-0.2, 0) is 0 Å². The van der Waals surface area contributed by atoms with Crippen LogP contribution in [0.15, 0.2) is 18.5 Å². The average Bonchev–Trinajstić information content (AvgIpc) is 2.07. The van der Waals surface area contributed by atoms with E-state index in [1.54, 1.807) is 12.4 Å². The molecule has 0 aromatic carbocycles. The van der Waals surface area contributed by atoms with Crippen LogP contribution < -0.4 is 0 Å². The fraction of sp³-hybridized carbons (Fsp3) is 0.556. The second kappa shape index (κ2) is 4.55. The molecule has 0 aliphatic rings. The monoisotopic (exact) mass is 228 g/mol. The van der Waals surface area contributed by atoms with Gasteiger partial charge < -0.3 is 0 Å². The van der Waals surface area contributed by atoms with E-state index in [9.17, 15) is 0 Å². The van der Waals surface area contributed by atoms with Gasteiger partial charge in [-0.3, -0.25) is 0 Å². The first-order valence-electron chi connectivity index (χ1n) is 4.16. The van der Waals surface area contributed by atoms with Gasteiger partial charge in [-0.2, -0.15) is 0 Å². The van der Waals surface area contributed by atoms with Gasteiger partial charge in [0, 0.05) is 23.1 Å². The SMILES string of the molecule is CCC(c1ncccn1)C(C)Br. The molecule has 0 fully saturated rings. The number of alkyl halides is 1. The highest BCUT2D eigenvalue weighted by Crippen LogP contribution is 2.24. The van der Waals surface area contributed by atoms with E-state index < -0.39 is 0 Å². The normalized spacial score (nSPS) is 15.6. The molecule has 12 heavy (non-hydrogen) atoms. The van der Waals surface area contributed by atoms with Crippen LogP contribution in [0.25, 0.3) is 0 Å². The van der Waals surface area contributed by atoms with E-state index in [1.807, 2.05) is 6.07 Å². The van der Waals surface area contributed by atoms with Gasteiger partial charge in [0.25, 0.3) is 0 Å². The maximum Gasteiger partial charge on any atom is 0.132 e. The fourth-order valence-electron chi connectivity index (χ4n) is 1.21. The average molecular weight is 229 g/mol. The summed E-state index contributed by atoms with van der Waals surface area (Å²) >= 11 is 3.56. The molecule has 3 heteroatoms. The van der Waals surface area contributed by atoms with E-state index in [1.165, 1.54) is 0 Å². The Bertz CT molecular complexity index is 223. The topological polar surface area (TPSA) is 25.8 Å². The molecule has 0 radical (unpaired) electrons. The molecule has 0 bridgehead atoms. The van der Waals surface area contributed by atoms with Crippen LogP contribution in [0.5, 0.6) is 0 Å². The molecule has 1 aromatic rings. The standard InChI is InChI=1S/C9H13BrN2/c1-3-8(7(2)10)9-11-5-4-6-12-9/h4-8H,3H2,1-2H3. The summed E-state index contributed by atoms with van der Waals surface area (Å²) in [4.78, 5) is 8.90. The number of halogens is 1. The summed E-state index contributed by atoms with van der Waals surface area (Å²) in [5.74, 6) is 1.36. The first kappa shape index (κ1) is 9.65. The highest BCUT2D eigenvalue weighted by molar-refractivity contribution is 9.09. The Morgan fingerprint density at radius 1 is 1.42 bits per heavy atom. The lowest BCUT2D eigenvalue weighted by atomic mass is 10.0. The van der Waals surface area contributed by atoms with Gasteiger partial charge in [-0.05, 0) is 12.5 Å². The van der Waals surface area contributed by atoms with E-state index in [2.05, 4.69) is 39.7 Å².